The third-order valence-electron chi connectivity index (χ3n) is 6.03. The normalized spacial score (nSPS) is 13.5. The van der Waals surface area contributed by atoms with Crippen LogP contribution in [0.1, 0.15) is 30.4 Å². The summed E-state index contributed by atoms with van der Waals surface area (Å²) in [5.41, 5.74) is 4.39. The number of aromatic nitrogens is 1. The molecule has 2 heterocycles. The molecule has 0 unspecified atom stereocenters. The van der Waals surface area contributed by atoms with Crippen molar-refractivity contribution >= 4 is 28.3 Å². The molecule has 0 atom stereocenters. The maximum Gasteiger partial charge on any atom is 0.223 e. The molecule has 33 heavy (non-hydrogen) atoms. The van der Waals surface area contributed by atoms with Gasteiger partial charge in [-0.25, -0.2) is 0 Å². The second-order valence-corrected chi connectivity index (χ2v) is 8.02. The molecule has 1 aromatic heterocycles. The van der Waals surface area contributed by atoms with Crippen molar-refractivity contribution in [2.24, 2.45) is 0 Å². The van der Waals surface area contributed by atoms with Gasteiger partial charge in [-0.3, -0.25) is 9.59 Å². The molecule has 4 rings (SSSR count). The van der Waals surface area contributed by atoms with Gasteiger partial charge in [0.05, 0.1) is 14.2 Å². The van der Waals surface area contributed by atoms with Gasteiger partial charge in [0.1, 0.15) is 11.5 Å². The van der Waals surface area contributed by atoms with Crippen LogP contribution in [0.5, 0.6) is 11.5 Å². The number of methoxy groups -OCH3 is 2. The van der Waals surface area contributed by atoms with Gasteiger partial charge in [0, 0.05) is 60.7 Å². The van der Waals surface area contributed by atoms with Gasteiger partial charge in [-0.1, -0.05) is 24.3 Å². The third kappa shape index (κ3) is 5.19. The maximum absolute atomic E-state index is 12.6. The molecule has 0 radical (unpaired) electrons. The Morgan fingerprint density at radius 1 is 1.09 bits per heavy atom. The standard InChI is InChI=1S/C26H29N3O4/c1-32-20-7-8-24(33-2)19(15-20)16-28-25(30)9-10-26(31)29-13-11-18(12-14-29)22-17-27-23-6-4-3-5-21(22)23/h3-8,11,15,17,27H,9-10,12-14,16H2,1-2H3,(H,28,30). The Balaban J connectivity index is 1.27. The Morgan fingerprint density at radius 2 is 1.94 bits per heavy atom. The molecule has 0 saturated carbocycles. The van der Waals surface area contributed by atoms with E-state index in [-0.39, 0.29) is 24.7 Å². The fourth-order valence-electron chi connectivity index (χ4n) is 4.16. The first-order valence-electron chi connectivity index (χ1n) is 11.1. The van der Waals surface area contributed by atoms with Crippen molar-refractivity contribution in [3.63, 3.8) is 0 Å². The van der Waals surface area contributed by atoms with Gasteiger partial charge in [-0.05, 0) is 36.3 Å². The zero-order valence-corrected chi connectivity index (χ0v) is 19.0. The summed E-state index contributed by atoms with van der Waals surface area (Å²) in [6, 6.07) is 13.7. The van der Waals surface area contributed by atoms with E-state index >= 15 is 0 Å². The number of benzene rings is 2. The summed E-state index contributed by atoms with van der Waals surface area (Å²) in [6.07, 6.45) is 5.30. The van der Waals surface area contributed by atoms with Crippen molar-refractivity contribution in [2.45, 2.75) is 25.8 Å². The van der Waals surface area contributed by atoms with E-state index in [0.29, 0.717) is 31.1 Å². The average molecular weight is 448 g/mol. The number of ether oxygens (including phenoxy) is 2. The number of hydrogen-bond acceptors (Lipinski definition) is 4. The summed E-state index contributed by atoms with van der Waals surface area (Å²) >= 11 is 0. The number of fused-ring (bicyclic) bond motifs is 1. The van der Waals surface area contributed by atoms with Crippen LogP contribution in [-0.4, -0.2) is 49.0 Å². The van der Waals surface area contributed by atoms with Crippen molar-refractivity contribution in [2.75, 3.05) is 27.3 Å². The molecule has 7 heteroatoms. The molecule has 7 nitrogen and oxygen atoms in total. The summed E-state index contributed by atoms with van der Waals surface area (Å²) < 4.78 is 10.6. The van der Waals surface area contributed by atoms with Crippen LogP contribution in [0.3, 0.4) is 0 Å². The molecule has 2 amide bonds. The van der Waals surface area contributed by atoms with E-state index in [2.05, 4.69) is 28.5 Å². The van der Waals surface area contributed by atoms with Crippen molar-refractivity contribution in [3.05, 3.63) is 65.9 Å². The molecule has 1 aliphatic heterocycles. The van der Waals surface area contributed by atoms with Crippen molar-refractivity contribution < 1.29 is 19.1 Å². The minimum Gasteiger partial charge on any atom is -0.497 e. The molecule has 2 aromatic carbocycles. The molecule has 0 fully saturated rings. The molecule has 172 valence electrons. The largest absolute Gasteiger partial charge is 0.497 e. The van der Waals surface area contributed by atoms with Crippen LogP contribution in [0.15, 0.2) is 54.7 Å². The lowest BCUT2D eigenvalue weighted by atomic mass is 9.98. The first kappa shape index (κ1) is 22.5. The molecule has 3 aromatic rings. The Labute approximate surface area is 193 Å². The molecule has 2 N–H and O–H groups in total. The van der Waals surface area contributed by atoms with Crippen molar-refractivity contribution in [1.82, 2.24) is 15.2 Å². The molecule has 0 spiro atoms. The van der Waals surface area contributed by atoms with Crippen LogP contribution in [0.4, 0.5) is 0 Å². The van der Waals surface area contributed by atoms with Crippen LogP contribution >= 0.6 is 0 Å². The van der Waals surface area contributed by atoms with Gasteiger partial charge < -0.3 is 24.7 Å². The number of nitrogens with one attached hydrogen (secondary N) is 2. The number of para-hydroxylation sites is 1. The lowest BCUT2D eigenvalue weighted by Crippen LogP contribution is -2.35. The van der Waals surface area contributed by atoms with Crippen molar-refractivity contribution in [1.29, 1.82) is 0 Å². The number of H-pyrrole nitrogens is 1. The second kappa shape index (κ2) is 10.3. The SMILES string of the molecule is COc1ccc(OC)c(CNC(=O)CCC(=O)N2CC=C(c3c[nH]c4ccccc34)CC2)c1. The van der Waals surface area contributed by atoms with Gasteiger partial charge in [0.2, 0.25) is 11.8 Å². The van der Waals surface area contributed by atoms with Crippen molar-refractivity contribution in [3.8, 4) is 11.5 Å². The van der Waals surface area contributed by atoms with E-state index in [0.717, 1.165) is 17.5 Å². The highest BCUT2D eigenvalue weighted by Crippen LogP contribution is 2.29. The second-order valence-electron chi connectivity index (χ2n) is 8.02. The van der Waals surface area contributed by atoms with Gasteiger partial charge in [-0.2, -0.15) is 0 Å². The fourth-order valence-corrected chi connectivity index (χ4v) is 4.16. The molecule has 0 aliphatic carbocycles. The lowest BCUT2D eigenvalue weighted by molar-refractivity contribution is -0.133. The number of nitrogens with zero attached hydrogens (tertiary/aromatic N) is 1. The Kier molecular flexibility index (Phi) is 6.98. The molecular formula is C26H29N3O4. The predicted octanol–water partition coefficient (Wildman–Crippen LogP) is 3.90. The van der Waals surface area contributed by atoms with Gasteiger partial charge in [-0.15, -0.1) is 0 Å². The molecule has 0 saturated heterocycles. The van der Waals surface area contributed by atoms with E-state index in [1.807, 2.05) is 29.3 Å². The maximum atomic E-state index is 12.6. The number of amides is 2. The van der Waals surface area contributed by atoms with E-state index < -0.39 is 0 Å². The highest BCUT2D eigenvalue weighted by Gasteiger charge is 2.20. The summed E-state index contributed by atoms with van der Waals surface area (Å²) in [6.45, 7) is 1.54. The smallest absolute Gasteiger partial charge is 0.223 e. The molecule has 1 aliphatic rings. The minimum absolute atomic E-state index is 0.00154. The zero-order valence-electron chi connectivity index (χ0n) is 19.0. The zero-order chi connectivity index (χ0) is 23.2. The Bertz CT molecular complexity index is 1180. The van der Waals surface area contributed by atoms with E-state index in [9.17, 15) is 9.59 Å². The van der Waals surface area contributed by atoms with E-state index in [1.165, 1.54) is 16.5 Å². The summed E-state index contributed by atoms with van der Waals surface area (Å²) in [5, 5.41) is 4.07. The first-order chi connectivity index (χ1) is 16.1. The Hall–Kier alpha value is -3.74. The van der Waals surface area contributed by atoms with E-state index in [4.69, 9.17) is 9.47 Å². The highest BCUT2D eigenvalue weighted by atomic mass is 16.5. The molecular weight excluding hydrogens is 418 g/mol. The number of hydrogen-bond donors (Lipinski definition) is 2. The summed E-state index contributed by atoms with van der Waals surface area (Å²) in [5.74, 6) is 1.21. The minimum atomic E-state index is -0.166. The number of aromatic amines is 1. The average Bonchev–Trinajstić information content (AvgIpc) is 3.30. The Morgan fingerprint density at radius 3 is 2.70 bits per heavy atom. The fraction of sp³-hybridized carbons (Fsp3) is 0.308. The van der Waals surface area contributed by atoms with Crippen LogP contribution < -0.4 is 14.8 Å². The number of carbonyl (C=O) groups is 2. The van der Waals surface area contributed by atoms with Crippen LogP contribution in [0, 0.1) is 0 Å². The lowest BCUT2D eigenvalue weighted by Gasteiger charge is -2.26. The van der Waals surface area contributed by atoms with Crippen LogP contribution in [0.2, 0.25) is 0 Å². The summed E-state index contributed by atoms with van der Waals surface area (Å²) in [4.78, 5) is 30.1. The quantitative estimate of drug-likeness (QED) is 0.549. The van der Waals surface area contributed by atoms with Crippen LogP contribution in [0.25, 0.3) is 16.5 Å². The first-order valence-corrected chi connectivity index (χ1v) is 11.1. The predicted molar refractivity (Wildman–Crippen MR) is 128 cm³/mol. The van der Waals surface area contributed by atoms with E-state index in [1.54, 1.807) is 26.4 Å². The highest BCUT2D eigenvalue weighted by molar-refractivity contribution is 5.93. The third-order valence-corrected chi connectivity index (χ3v) is 6.03. The van der Waals surface area contributed by atoms with Gasteiger partial charge in [0.15, 0.2) is 0 Å². The monoisotopic (exact) mass is 447 g/mol. The van der Waals surface area contributed by atoms with Crippen LogP contribution in [-0.2, 0) is 16.1 Å². The number of rotatable bonds is 8. The van der Waals surface area contributed by atoms with Gasteiger partial charge >= 0.3 is 0 Å². The number of carbonyl (C=O) groups excluding carboxylic acids is 2. The van der Waals surface area contributed by atoms with Gasteiger partial charge in [0.25, 0.3) is 0 Å². The summed E-state index contributed by atoms with van der Waals surface area (Å²) in [7, 11) is 3.18. The topological polar surface area (TPSA) is 83.7 Å². The molecule has 0 bridgehead atoms.